The molecule has 0 amide bonds. The van der Waals surface area contributed by atoms with Crippen LogP contribution in [0.1, 0.15) is 18.2 Å². The van der Waals surface area contributed by atoms with E-state index in [1.165, 1.54) is 6.33 Å². The van der Waals surface area contributed by atoms with Gasteiger partial charge in [-0.3, -0.25) is 0 Å². The molecule has 0 bridgehead atoms. The van der Waals surface area contributed by atoms with E-state index < -0.39 is 0 Å². The van der Waals surface area contributed by atoms with Crippen molar-refractivity contribution in [3.63, 3.8) is 0 Å². The maximum absolute atomic E-state index is 6.03. The van der Waals surface area contributed by atoms with Gasteiger partial charge in [0.1, 0.15) is 17.3 Å². The Morgan fingerprint density at radius 3 is 2.84 bits per heavy atom. The summed E-state index contributed by atoms with van der Waals surface area (Å²) in [5.41, 5.74) is 1.78. The van der Waals surface area contributed by atoms with Gasteiger partial charge in [-0.05, 0) is 6.42 Å². The van der Waals surface area contributed by atoms with Gasteiger partial charge in [0.2, 0.25) is 5.88 Å². The van der Waals surface area contributed by atoms with Crippen molar-refractivity contribution < 1.29 is 4.74 Å². The molecular formula is C12H16ClN5O. The lowest BCUT2D eigenvalue weighted by molar-refractivity contribution is 0.373. The number of aryl methyl sites for hydroxylation is 1. The molecule has 2 heterocycles. The molecule has 2 rings (SSSR count). The van der Waals surface area contributed by atoms with Crippen LogP contribution in [0.15, 0.2) is 12.4 Å². The third kappa shape index (κ3) is 2.96. The molecule has 0 fully saturated rings. The lowest BCUT2D eigenvalue weighted by Crippen LogP contribution is -2.06. The summed E-state index contributed by atoms with van der Waals surface area (Å²) in [6.07, 6.45) is 2.22. The van der Waals surface area contributed by atoms with Gasteiger partial charge >= 0.3 is 0 Å². The van der Waals surface area contributed by atoms with Crippen LogP contribution >= 0.6 is 11.6 Å². The predicted molar refractivity (Wildman–Crippen MR) is 73.5 cm³/mol. The zero-order valence-corrected chi connectivity index (χ0v) is 11.9. The van der Waals surface area contributed by atoms with Crippen molar-refractivity contribution >= 4 is 17.4 Å². The molecule has 7 heteroatoms. The van der Waals surface area contributed by atoms with E-state index >= 15 is 0 Å². The van der Waals surface area contributed by atoms with Crippen LogP contribution in [-0.2, 0) is 20.0 Å². The molecule has 0 atom stereocenters. The van der Waals surface area contributed by atoms with Crippen LogP contribution in [0.3, 0.4) is 0 Å². The van der Waals surface area contributed by atoms with Crippen LogP contribution in [-0.4, -0.2) is 26.9 Å². The van der Waals surface area contributed by atoms with Crippen molar-refractivity contribution in [2.24, 2.45) is 7.05 Å². The molecule has 2 aromatic heterocycles. The van der Waals surface area contributed by atoms with Crippen LogP contribution in [0.5, 0.6) is 5.88 Å². The van der Waals surface area contributed by atoms with Gasteiger partial charge < -0.3 is 10.1 Å². The summed E-state index contributed by atoms with van der Waals surface area (Å²) in [6, 6.07) is 1.88. The van der Waals surface area contributed by atoms with Gasteiger partial charge in [-0.2, -0.15) is 5.10 Å². The minimum Gasteiger partial charge on any atom is -0.481 e. The monoisotopic (exact) mass is 281 g/mol. The molecule has 2 aromatic rings. The Morgan fingerprint density at radius 2 is 2.21 bits per heavy atom. The van der Waals surface area contributed by atoms with Crippen LogP contribution < -0.4 is 10.1 Å². The first-order valence-corrected chi connectivity index (χ1v) is 6.33. The summed E-state index contributed by atoms with van der Waals surface area (Å²) in [5.74, 6) is 1.46. The van der Waals surface area contributed by atoms with Crippen molar-refractivity contribution in [1.29, 1.82) is 0 Å². The van der Waals surface area contributed by atoms with E-state index in [0.717, 1.165) is 23.5 Å². The van der Waals surface area contributed by atoms with Gasteiger partial charge in [0, 0.05) is 18.7 Å². The summed E-state index contributed by atoms with van der Waals surface area (Å²) in [7, 11) is 3.45. The summed E-state index contributed by atoms with van der Waals surface area (Å²) in [5, 5.41) is 8.03. The lowest BCUT2D eigenvalue weighted by atomic mass is 10.2. The SMILES string of the molecule is CCc1c(Cl)ncnc1NCc1cc(OC)n(C)n1. The van der Waals surface area contributed by atoms with Crippen molar-refractivity contribution in [2.75, 3.05) is 12.4 Å². The molecule has 0 aliphatic rings. The third-order valence-corrected chi connectivity index (χ3v) is 3.11. The first-order chi connectivity index (χ1) is 9.15. The van der Waals surface area contributed by atoms with Gasteiger partial charge in [0.25, 0.3) is 0 Å². The molecule has 102 valence electrons. The van der Waals surface area contributed by atoms with Gasteiger partial charge in [-0.15, -0.1) is 0 Å². The number of hydrogen-bond acceptors (Lipinski definition) is 5. The number of halogens is 1. The number of hydrogen-bond donors (Lipinski definition) is 1. The Balaban J connectivity index is 2.12. The van der Waals surface area contributed by atoms with E-state index in [1.54, 1.807) is 11.8 Å². The normalized spacial score (nSPS) is 10.5. The third-order valence-electron chi connectivity index (χ3n) is 2.78. The van der Waals surface area contributed by atoms with Crippen molar-refractivity contribution in [3.05, 3.63) is 28.8 Å². The Morgan fingerprint density at radius 1 is 1.42 bits per heavy atom. The molecule has 19 heavy (non-hydrogen) atoms. The number of methoxy groups -OCH3 is 1. The zero-order valence-electron chi connectivity index (χ0n) is 11.1. The molecule has 0 aliphatic heterocycles. The highest BCUT2D eigenvalue weighted by atomic mass is 35.5. The van der Waals surface area contributed by atoms with Gasteiger partial charge in [-0.25, -0.2) is 14.6 Å². The van der Waals surface area contributed by atoms with Crippen molar-refractivity contribution in [1.82, 2.24) is 19.7 Å². The zero-order chi connectivity index (χ0) is 13.8. The van der Waals surface area contributed by atoms with Gasteiger partial charge in [0.05, 0.1) is 19.3 Å². The molecule has 0 radical (unpaired) electrons. The maximum atomic E-state index is 6.03. The molecular weight excluding hydrogens is 266 g/mol. The van der Waals surface area contributed by atoms with Gasteiger partial charge in [-0.1, -0.05) is 18.5 Å². The fourth-order valence-corrected chi connectivity index (χ4v) is 2.08. The van der Waals surface area contributed by atoms with E-state index in [4.69, 9.17) is 16.3 Å². The molecule has 6 nitrogen and oxygen atoms in total. The fraction of sp³-hybridized carbons (Fsp3) is 0.417. The Hall–Kier alpha value is -1.82. The highest BCUT2D eigenvalue weighted by molar-refractivity contribution is 6.30. The molecule has 1 N–H and O–H groups in total. The minimum atomic E-state index is 0.485. The second-order valence-corrected chi connectivity index (χ2v) is 4.36. The van der Waals surface area contributed by atoms with E-state index in [-0.39, 0.29) is 0 Å². The molecule has 0 saturated carbocycles. The highest BCUT2D eigenvalue weighted by Crippen LogP contribution is 2.21. The summed E-state index contributed by atoms with van der Waals surface area (Å²) in [4.78, 5) is 8.17. The molecule has 0 spiro atoms. The Kier molecular flexibility index (Phi) is 4.21. The standard InChI is InChI=1S/C12H16ClN5O/c1-4-9-11(13)15-7-16-12(9)14-6-8-5-10(19-3)18(2)17-8/h5,7H,4,6H2,1-3H3,(H,14,15,16). The number of nitrogens with zero attached hydrogens (tertiary/aromatic N) is 4. The maximum Gasteiger partial charge on any atom is 0.211 e. The predicted octanol–water partition coefficient (Wildman–Crippen LogP) is 2.05. The second kappa shape index (κ2) is 5.88. The Bertz CT molecular complexity index is 569. The quantitative estimate of drug-likeness (QED) is 0.850. The lowest BCUT2D eigenvalue weighted by Gasteiger charge is -2.08. The number of ether oxygens (including phenoxy) is 1. The molecule has 0 aliphatic carbocycles. The van der Waals surface area contributed by atoms with E-state index in [0.29, 0.717) is 17.6 Å². The van der Waals surface area contributed by atoms with Crippen LogP contribution in [0, 0.1) is 0 Å². The Labute approximate surface area is 116 Å². The topological polar surface area (TPSA) is 64.9 Å². The second-order valence-electron chi connectivity index (χ2n) is 4.00. The van der Waals surface area contributed by atoms with Crippen LogP contribution in [0.4, 0.5) is 5.82 Å². The van der Waals surface area contributed by atoms with E-state index in [1.807, 2.05) is 20.0 Å². The number of anilines is 1. The number of nitrogens with one attached hydrogen (secondary N) is 1. The largest absolute Gasteiger partial charge is 0.481 e. The molecule has 0 unspecified atom stereocenters. The minimum absolute atomic E-state index is 0.485. The first kappa shape index (κ1) is 13.6. The number of aromatic nitrogens is 4. The van der Waals surface area contributed by atoms with E-state index in [9.17, 15) is 0 Å². The summed E-state index contributed by atoms with van der Waals surface area (Å²) < 4.78 is 6.85. The average molecular weight is 282 g/mol. The van der Waals surface area contributed by atoms with Crippen molar-refractivity contribution in [3.8, 4) is 5.88 Å². The summed E-state index contributed by atoms with van der Waals surface area (Å²) >= 11 is 6.03. The van der Waals surface area contributed by atoms with E-state index in [2.05, 4.69) is 20.4 Å². The fourth-order valence-electron chi connectivity index (χ4n) is 1.81. The summed E-state index contributed by atoms with van der Waals surface area (Å²) in [6.45, 7) is 2.57. The van der Waals surface area contributed by atoms with Crippen LogP contribution in [0.2, 0.25) is 5.15 Å². The highest BCUT2D eigenvalue weighted by Gasteiger charge is 2.09. The van der Waals surface area contributed by atoms with Gasteiger partial charge in [0.15, 0.2) is 0 Å². The smallest absolute Gasteiger partial charge is 0.211 e. The molecule has 0 aromatic carbocycles. The average Bonchev–Trinajstić information content (AvgIpc) is 2.77. The molecule has 0 saturated heterocycles. The first-order valence-electron chi connectivity index (χ1n) is 5.95. The van der Waals surface area contributed by atoms with Crippen LogP contribution in [0.25, 0.3) is 0 Å². The number of rotatable bonds is 5. The van der Waals surface area contributed by atoms with Crippen molar-refractivity contribution in [2.45, 2.75) is 19.9 Å².